The van der Waals surface area contributed by atoms with Crippen molar-refractivity contribution in [1.82, 2.24) is 15.3 Å². The highest BCUT2D eigenvalue weighted by atomic mass is 19.4. The fraction of sp³-hybridized carbons (Fsp3) is 0.350. The first-order valence-electron chi connectivity index (χ1n) is 9.22. The number of fused-ring (bicyclic) bond motifs is 1. The molecule has 0 unspecified atom stereocenters. The maximum absolute atomic E-state index is 13.3. The van der Waals surface area contributed by atoms with Crippen LogP contribution in [-0.4, -0.2) is 42.2 Å². The molecule has 2 aromatic carbocycles. The van der Waals surface area contributed by atoms with Gasteiger partial charge in [-0.15, -0.1) is 0 Å². The fourth-order valence-corrected chi connectivity index (χ4v) is 3.63. The van der Waals surface area contributed by atoms with Gasteiger partial charge in [-0.1, -0.05) is 36.4 Å². The molecule has 1 fully saturated rings. The normalized spacial score (nSPS) is 18.3. The van der Waals surface area contributed by atoms with E-state index in [9.17, 15) is 18.0 Å². The third-order valence-corrected chi connectivity index (χ3v) is 5.09. The number of hydrogen-bond donors (Lipinski definition) is 1. The molecule has 1 N–H and O–H groups in total. The van der Waals surface area contributed by atoms with Crippen LogP contribution in [0.25, 0.3) is 0 Å². The van der Waals surface area contributed by atoms with Crippen molar-refractivity contribution in [3.8, 4) is 0 Å². The zero-order chi connectivity index (χ0) is 19.7. The number of halogens is 3. The number of hydrogen-bond acceptors (Lipinski definition) is 3. The lowest BCUT2D eigenvalue weighted by molar-refractivity contribution is -0.137. The Bertz CT molecular complexity index is 850. The van der Waals surface area contributed by atoms with E-state index < -0.39 is 11.7 Å². The van der Waals surface area contributed by atoms with Gasteiger partial charge in [0.05, 0.1) is 24.3 Å². The van der Waals surface area contributed by atoms with Crippen LogP contribution in [-0.2, 0) is 19.3 Å². The molecule has 0 aromatic heterocycles. The molecular formula is C20H21F3N4O. The van der Waals surface area contributed by atoms with Gasteiger partial charge in [-0.3, -0.25) is 9.91 Å². The second kappa shape index (κ2) is 7.44. The second-order valence-electron chi connectivity index (χ2n) is 6.96. The van der Waals surface area contributed by atoms with Crippen molar-refractivity contribution < 1.29 is 18.0 Å². The van der Waals surface area contributed by atoms with E-state index >= 15 is 0 Å². The van der Waals surface area contributed by atoms with Crippen LogP contribution in [0.2, 0.25) is 0 Å². The summed E-state index contributed by atoms with van der Waals surface area (Å²) in [6.45, 7) is 3.39. The number of amides is 2. The summed E-state index contributed by atoms with van der Waals surface area (Å²) >= 11 is 0. The maximum atomic E-state index is 13.3. The first-order valence-corrected chi connectivity index (χ1v) is 9.22. The summed E-state index contributed by atoms with van der Waals surface area (Å²) in [4.78, 5) is 14.7. The molecule has 0 radical (unpaired) electrons. The number of benzene rings is 2. The Balaban J connectivity index is 1.73. The third kappa shape index (κ3) is 3.70. The maximum Gasteiger partial charge on any atom is 0.416 e. The Kier molecular flexibility index (Phi) is 4.99. The number of piperazine rings is 1. The monoisotopic (exact) mass is 390 g/mol. The average Bonchev–Trinajstić information content (AvgIpc) is 2.70. The fourth-order valence-electron chi connectivity index (χ4n) is 3.63. The number of carbonyl (C=O) groups is 1. The molecule has 2 heterocycles. The lowest BCUT2D eigenvalue weighted by Gasteiger charge is -2.44. The first-order chi connectivity index (χ1) is 13.4. The Morgan fingerprint density at radius 3 is 2.39 bits per heavy atom. The smallest absolute Gasteiger partial charge is 0.314 e. The van der Waals surface area contributed by atoms with Crippen molar-refractivity contribution in [1.29, 1.82) is 0 Å². The van der Waals surface area contributed by atoms with E-state index in [-0.39, 0.29) is 19.1 Å². The van der Waals surface area contributed by atoms with Gasteiger partial charge < -0.3 is 5.32 Å². The highest BCUT2D eigenvalue weighted by Gasteiger charge is 2.37. The molecule has 0 spiro atoms. The summed E-state index contributed by atoms with van der Waals surface area (Å²) in [6.07, 6.45) is -4.45. The molecule has 0 aliphatic carbocycles. The van der Waals surface area contributed by atoms with Gasteiger partial charge in [0.25, 0.3) is 0 Å². The van der Waals surface area contributed by atoms with E-state index in [1.54, 1.807) is 5.01 Å². The molecule has 0 bridgehead atoms. The molecule has 2 aliphatic heterocycles. The predicted octanol–water partition coefficient (Wildman–Crippen LogP) is 3.47. The minimum absolute atomic E-state index is 0.219. The molecule has 148 valence electrons. The second-order valence-corrected chi connectivity index (χ2v) is 6.96. The van der Waals surface area contributed by atoms with Crippen molar-refractivity contribution >= 4 is 11.7 Å². The Hall–Kier alpha value is -2.58. The molecule has 1 saturated heterocycles. The van der Waals surface area contributed by atoms with Crippen LogP contribution in [0.15, 0.2) is 48.5 Å². The first kappa shape index (κ1) is 18.8. The molecule has 2 aromatic rings. The minimum Gasteiger partial charge on any atom is -0.314 e. The van der Waals surface area contributed by atoms with E-state index in [2.05, 4.69) is 5.32 Å². The van der Waals surface area contributed by atoms with Crippen molar-refractivity contribution in [2.75, 3.05) is 31.1 Å². The highest BCUT2D eigenvalue weighted by molar-refractivity contribution is 5.94. The Morgan fingerprint density at radius 2 is 1.71 bits per heavy atom. The summed E-state index contributed by atoms with van der Waals surface area (Å²) in [5, 5.41) is 6.87. The molecule has 0 saturated carbocycles. The number of hydrazine groups is 1. The van der Waals surface area contributed by atoms with Gasteiger partial charge in [0.1, 0.15) is 0 Å². The van der Waals surface area contributed by atoms with Crippen LogP contribution < -0.4 is 10.2 Å². The van der Waals surface area contributed by atoms with Crippen LogP contribution in [0.3, 0.4) is 0 Å². The zero-order valence-corrected chi connectivity index (χ0v) is 15.2. The van der Waals surface area contributed by atoms with Crippen LogP contribution in [0.5, 0.6) is 0 Å². The van der Waals surface area contributed by atoms with E-state index in [1.807, 2.05) is 35.3 Å². The van der Waals surface area contributed by atoms with Gasteiger partial charge in [-0.25, -0.2) is 9.80 Å². The molecule has 28 heavy (non-hydrogen) atoms. The molecule has 5 nitrogen and oxygen atoms in total. The number of anilines is 1. The van der Waals surface area contributed by atoms with Gasteiger partial charge in [0.15, 0.2) is 0 Å². The summed E-state index contributed by atoms with van der Waals surface area (Å²) in [6, 6.07) is 12.7. The molecule has 8 heteroatoms. The van der Waals surface area contributed by atoms with Crippen molar-refractivity contribution in [3.63, 3.8) is 0 Å². The lowest BCUT2D eigenvalue weighted by Crippen LogP contribution is -2.59. The molecule has 2 aliphatic rings. The topological polar surface area (TPSA) is 38.8 Å². The van der Waals surface area contributed by atoms with Crippen LogP contribution >= 0.6 is 0 Å². The lowest BCUT2D eigenvalue weighted by atomic mass is 10.0. The molecule has 4 rings (SSSR count). The third-order valence-electron chi connectivity index (χ3n) is 5.09. The van der Waals surface area contributed by atoms with Crippen LogP contribution in [0.1, 0.15) is 16.7 Å². The van der Waals surface area contributed by atoms with E-state index in [0.29, 0.717) is 24.3 Å². The van der Waals surface area contributed by atoms with Gasteiger partial charge >= 0.3 is 12.2 Å². The molecule has 0 atom stereocenters. The zero-order valence-electron chi connectivity index (χ0n) is 15.2. The number of nitrogens with zero attached hydrogens (tertiary/aromatic N) is 3. The minimum atomic E-state index is -4.45. The standard InChI is InChI=1S/C20H21F3N4O/c21-20(22,23)17-7-6-16-14-27(25-10-8-24-9-11-25)19(28)26(18(16)12-17)13-15-4-2-1-3-5-15/h1-7,12,24H,8-11,13-14H2. The largest absolute Gasteiger partial charge is 0.416 e. The van der Waals surface area contributed by atoms with Crippen LogP contribution in [0, 0.1) is 0 Å². The highest BCUT2D eigenvalue weighted by Crippen LogP contribution is 2.37. The Labute approximate surface area is 161 Å². The summed E-state index contributed by atoms with van der Waals surface area (Å²) in [5.74, 6) is 0. The molecule has 2 amide bonds. The summed E-state index contributed by atoms with van der Waals surface area (Å²) < 4.78 is 39.7. The van der Waals surface area contributed by atoms with Gasteiger partial charge in [0.2, 0.25) is 0 Å². The van der Waals surface area contributed by atoms with Crippen molar-refractivity contribution in [2.24, 2.45) is 0 Å². The van der Waals surface area contributed by atoms with E-state index in [4.69, 9.17) is 0 Å². The number of rotatable bonds is 3. The van der Waals surface area contributed by atoms with Gasteiger partial charge in [-0.2, -0.15) is 13.2 Å². The SMILES string of the molecule is O=C1N(Cc2ccccc2)c2cc(C(F)(F)F)ccc2CN1N1CCNCC1. The van der Waals surface area contributed by atoms with Gasteiger partial charge in [-0.05, 0) is 23.3 Å². The van der Waals surface area contributed by atoms with Crippen molar-refractivity contribution in [2.45, 2.75) is 19.3 Å². The van der Waals surface area contributed by atoms with Crippen LogP contribution in [0.4, 0.5) is 23.7 Å². The predicted molar refractivity (Wildman–Crippen MR) is 99.5 cm³/mol. The quantitative estimate of drug-likeness (QED) is 0.872. The summed E-state index contributed by atoms with van der Waals surface area (Å²) in [5.41, 5.74) is 1.16. The summed E-state index contributed by atoms with van der Waals surface area (Å²) in [7, 11) is 0. The molecular weight excluding hydrogens is 369 g/mol. The Morgan fingerprint density at radius 1 is 1.00 bits per heavy atom. The number of carbonyl (C=O) groups excluding carboxylic acids is 1. The van der Waals surface area contributed by atoms with E-state index in [0.717, 1.165) is 30.8 Å². The number of urea groups is 1. The number of alkyl halides is 3. The average molecular weight is 390 g/mol. The van der Waals surface area contributed by atoms with Gasteiger partial charge in [0, 0.05) is 26.2 Å². The van der Waals surface area contributed by atoms with E-state index in [1.165, 1.54) is 11.0 Å². The van der Waals surface area contributed by atoms with Crippen molar-refractivity contribution in [3.05, 3.63) is 65.2 Å². The number of nitrogens with one attached hydrogen (secondary N) is 1.